The van der Waals surface area contributed by atoms with Crippen LogP contribution in [-0.2, 0) is 0 Å². The van der Waals surface area contributed by atoms with Crippen LogP contribution in [0, 0.1) is 11.8 Å². The van der Waals surface area contributed by atoms with Crippen molar-refractivity contribution in [3.63, 3.8) is 0 Å². The van der Waals surface area contributed by atoms with Gasteiger partial charge >= 0.3 is 0 Å². The Balaban J connectivity index is 2.39. The Morgan fingerprint density at radius 3 is 2.50 bits per heavy atom. The van der Waals surface area contributed by atoms with Crippen LogP contribution >= 0.6 is 0 Å². The Morgan fingerprint density at radius 2 is 2.06 bits per heavy atom. The first-order chi connectivity index (χ1) is 7.31. The quantitative estimate of drug-likeness (QED) is 0.690. The summed E-state index contributed by atoms with van der Waals surface area (Å²) < 4.78 is 0. The first-order valence-corrected chi connectivity index (χ1v) is 6.73. The lowest BCUT2D eigenvalue weighted by molar-refractivity contribution is 0.0674. The van der Waals surface area contributed by atoms with E-state index in [-0.39, 0.29) is 0 Å². The van der Waals surface area contributed by atoms with Gasteiger partial charge in [-0.25, -0.2) is 0 Å². The van der Waals surface area contributed by atoms with Crippen molar-refractivity contribution in [3.05, 3.63) is 11.1 Å². The summed E-state index contributed by atoms with van der Waals surface area (Å²) in [7, 11) is 0. The van der Waals surface area contributed by atoms with Crippen LogP contribution in [0.5, 0.6) is 0 Å². The molecule has 0 aliphatic heterocycles. The molecule has 0 saturated carbocycles. The van der Waals surface area contributed by atoms with Crippen molar-refractivity contribution in [2.45, 2.75) is 72.3 Å². The number of allylic oxidation sites excluding steroid dienone is 2. The van der Waals surface area contributed by atoms with Crippen molar-refractivity contribution in [1.82, 2.24) is 0 Å². The minimum Gasteiger partial charge on any atom is -0.390 e. The van der Waals surface area contributed by atoms with Gasteiger partial charge in [0.1, 0.15) is 0 Å². The van der Waals surface area contributed by atoms with Gasteiger partial charge in [0.15, 0.2) is 0 Å². The molecule has 1 aliphatic carbocycles. The fraction of sp³-hybridized carbons (Fsp3) is 0.867. The summed E-state index contributed by atoms with van der Waals surface area (Å²) in [5.41, 5.74) is 2.84. The van der Waals surface area contributed by atoms with Crippen LogP contribution in [0.15, 0.2) is 11.1 Å². The third-order valence-corrected chi connectivity index (χ3v) is 4.11. The van der Waals surface area contributed by atoms with E-state index in [1.165, 1.54) is 19.3 Å². The molecular weight excluding hydrogens is 196 g/mol. The molecule has 0 aromatic heterocycles. The fourth-order valence-electron chi connectivity index (χ4n) is 2.75. The standard InChI is InChI=1S/C15H28O/c1-11-8-9-14(13(11)3)12(2)7-6-10-15(4,5)16/h11-12,16H,6-10H2,1-5H3. The molecular formula is C15H28O. The average molecular weight is 224 g/mol. The molecule has 0 heterocycles. The Kier molecular flexibility index (Phi) is 4.61. The van der Waals surface area contributed by atoms with Gasteiger partial charge in [-0.1, -0.05) is 31.4 Å². The van der Waals surface area contributed by atoms with E-state index in [2.05, 4.69) is 20.8 Å². The van der Waals surface area contributed by atoms with E-state index in [4.69, 9.17) is 0 Å². The largest absolute Gasteiger partial charge is 0.390 e. The van der Waals surface area contributed by atoms with Gasteiger partial charge in [-0.2, -0.15) is 0 Å². The Morgan fingerprint density at radius 1 is 1.44 bits per heavy atom. The Labute approximate surface area is 101 Å². The van der Waals surface area contributed by atoms with Crippen LogP contribution in [0.3, 0.4) is 0 Å². The molecule has 0 spiro atoms. The predicted molar refractivity (Wildman–Crippen MR) is 70.4 cm³/mol. The molecule has 2 atom stereocenters. The Hall–Kier alpha value is -0.300. The minimum atomic E-state index is -0.494. The molecule has 0 radical (unpaired) electrons. The van der Waals surface area contributed by atoms with Gasteiger partial charge in [-0.3, -0.25) is 0 Å². The maximum atomic E-state index is 9.68. The van der Waals surface area contributed by atoms with Crippen LogP contribution in [0.2, 0.25) is 0 Å². The zero-order valence-electron chi connectivity index (χ0n) is 11.6. The van der Waals surface area contributed by atoms with Crippen LogP contribution in [0.4, 0.5) is 0 Å². The van der Waals surface area contributed by atoms with Crippen LogP contribution in [-0.4, -0.2) is 10.7 Å². The first-order valence-electron chi connectivity index (χ1n) is 6.73. The fourth-order valence-corrected chi connectivity index (χ4v) is 2.75. The van der Waals surface area contributed by atoms with Crippen LogP contribution < -0.4 is 0 Å². The van der Waals surface area contributed by atoms with E-state index >= 15 is 0 Å². The van der Waals surface area contributed by atoms with Crippen molar-refractivity contribution in [2.75, 3.05) is 0 Å². The molecule has 1 N–H and O–H groups in total. The van der Waals surface area contributed by atoms with Gasteiger partial charge in [-0.15, -0.1) is 0 Å². The predicted octanol–water partition coefficient (Wildman–Crippen LogP) is 4.31. The van der Waals surface area contributed by atoms with Gasteiger partial charge in [0.25, 0.3) is 0 Å². The highest BCUT2D eigenvalue weighted by molar-refractivity contribution is 5.22. The minimum absolute atomic E-state index is 0.494. The van der Waals surface area contributed by atoms with Crippen molar-refractivity contribution in [1.29, 1.82) is 0 Å². The first kappa shape index (κ1) is 13.8. The van der Waals surface area contributed by atoms with E-state index in [9.17, 15) is 5.11 Å². The molecule has 0 aromatic rings. The number of hydrogen-bond donors (Lipinski definition) is 1. The normalized spacial score (nSPS) is 24.0. The molecule has 1 aliphatic rings. The number of hydrogen-bond acceptors (Lipinski definition) is 1. The molecule has 1 rings (SSSR count). The van der Waals surface area contributed by atoms with E-state index in [0.29, 0.717) is 5.92 Å². The monoisotopic (exact) mass is 224 g/mol. The van der Waals surface area contributed by atoms with Crippen molar-refractivity contribution in [3.8, 4) is 0 Å². The van der Waals surface area contributed by atoms with E-state index in [1.54, 1.807) is 11.1 Å². The van der Waals surface area contributed by atoms with Gasteiger partial charge in [0.2, 0.25) is 0 Å². The second kappa shape index (κ2) is 5.35. The van der Waals surface area contributed by atoms with E-state index in [1.807, 2.05) is 13.8 Å². The summed E-state index contributed by atoms with van der Waals surface area (Å²) in [6, 6.07) is 0. The third kappa shape index (κ3) is 3.93. The lowest BCUT2D eigenvalue weighted by Gasteiger charge is -2.19. The van der Waals surface area contributed by atoms with Gasteiger partial charge in [-0.05, 0) is 58.3 Å². The summed E-state index contributed by atoms with van der Waals surface area (Å²) in [6.07, 6.45) is 5.92. The molecule has 0 aromatic carbocycles. The molecule has 1 heteroatoms. The van der Waals surface area contributed by atoms with Crippen LogP contribution in [0.25, 0.3) is 0 Å². The van der Waals surface area contributed by atoms with E-state index < -0.39 is 5.60 Å². The van der Waals surface area contributed by atoms with Crippen molar-refractivity contribution < 1.29 is 5.11 Å². The second-order valence-electron chi connectivity index (χ2n) is 6.25. The Bertz CT molecular complexity index is 257. The smallest absolute Gasteiger partial charge is 0.0591 e. The second-order valence-corrected chi connectivity index (χ2v) is 6.25. The molecule has 1 nitrogen and oxygen atoms in total. The summed E-state index contributed by atoms with van der Waals surface area (Å²) in [6.45, 7) is 10.8. The highest BCUT2D eigenvalue weighted by Gasteiger charge is 2.22. The van der Waals surface area contributed by atoms with Gasteiger partial charge < -0.3 is 5.11 Å². The third-order valence-electron chi connectivity index (χ3n) is 4.11. The summed E-state index contributed by atoms with van der Waals surface area (Å²) in [5.74, 6) is 1.51. The number of rotatable bonds is 5. The molecule has 2 unspecified atom stereocenters. The van der Waals surface area contributed by atoms with Crippen molar-refractivity contribution in [2.24, 2.45) is 11.8 Å². The van der Waals surface area contributed by atoms with Gasteiger partial charge in [0, 0.05) is 0 Å². The molecule has 16 heavy (non-hydrogen) atoms. The zero-order chi connectivity index (χ0) is 12.3. The lowest BCUT2D eigenvalue weighted by atomic mass is 9.90. The maximum Gasteiger partial charge on any atom is 0.0591 e. The molecule has 0 amide bonds. The zero-order valence-corrected chi connectivity index (χ0v) is 11.6. The van der Waals surface area contributed by atoms with E-state index in [0.717, 1.165) is 18.8 Å². The topological polar surface area (TPSA) is 20.2 Å². The SMILES string of the molecule is CC1=C(C(C)CCCC(C)(C)O)CCC1C. The van der Waals surface area contributed by atoms with Gasteiger partial charge in [0.05, 0.1) is 5.60 Å². The molecule has 0 fully saturated rings. The summed E-state index contributed by atoms with van der Waals surface area (Å²) in [4.78, 5) is 0. The highest BCUT2D eigenvalue weighted by Crippen LogP contribution is 2.37. The maximum absolute atomic E-state index is 9.68. The number of aliphatic hydroxyl groups is 1. The summed E-state index contributed by atoms with van der Waals surface area (Å²) >= 11 is 0. The molecule has 94 valence electrons. The van der Waals surface area contributed by atoms with Crippen LogP contribution in [0.1, 0.15) is 66.7 Å². The average Bonchev–Trinajstić information content (AvgIpc) is 2.45. The molecule has 0 saturated heterocycles. The lowest BCUT2D eigenvalue weighted by Crippen LogP contribution is -2.18. The van der Waals surface area contributed by atoms with Crippen molar-refractivity contribution >= 4 is 0 Å². The summed E-state index contributed by atoms with van der Waals surface area (Å²) in [5, 5.41) is 9.68. The highest BCUT2D eigenvalue weighted by atomic mass is 16.3. The molecule has 0 bridgehead atoms.